The van der Waals surface area contributed by atoms with Crippen molar-refractivity contribution in [3.63, 3.8) is 0 Å². The average molecular weight is 243 g/mol. The number of nitrogens with two attached hydrogens (primary N) is 1. The van der Waals surface area contributed by atoms with Crippen molar-refractivity contribution in [2.45, 2.75) is 6.61 Å². The van der Waals surface area contributed by atoms with E-state index >= 15 is 0 Å². The highest BCUT2D eigenvalue weighted by Gasteiger charge is 2.01. The molecule has 0 aliphatic rings. The van der Waals surface area contributed by atoms with Crippen LogP contribution in [-0.4, -0.2) is 16.0 Å². The molecule has 0 unspecified atom stereocenters. The second kappa shape index (κ2) is 5.67. The Morgan fingerprint density at radius 1 is 1.22 bits per heavy atom. The van der Waals surface area contributed by atoms with Crippen LogP contribution in [0, 0.1) is 0 Å². The maximum Gasteiger partial charge on any atom is 0.213 e. The number of nitrogens with zero attached hydrogens (tertiary/aromatic N) is 2. The number of hydrogen-bond donors (Lipinski definition) is 2. The summed E-state index contributed by atoms with van der Waals surface area (Å²) >= 11 is 0. The Kier molecular flexibility index (Phi) is 3.76. The summed E-state index contributed by atoms with van der Waals surface area (Å²) < 4.78 is 5.51. The van der Waals surface area contributed by atoms with Crippen molar-refractivity contribution in [3.05, 3.63) is 59.8 Å². The molecule has 0 saturated carbocycles. The van der Waals surface area contributed by atoms with Gasteiger partial charge in [0, 0.05) is 17.8 Å². The predicted octanol–water partition coefficient (Wildman–Crippen LogP) is 1.76. The normalized spacial score (nSPS) is 11.2. The molecule has 2 rings (SSSR count). The summed E-state index contributed by atoms with van der Waals surface area (Å²) in [6, 6.07) is 13.2. The Hall–Kier alpha value is -2.56. The van der Waals surface area contributed by atoms with E-state index in [-0.39, 0.29) is 5.84 Å². The van der Waals surface area contributed by atoms with E-state index in [0.717, 1.165) is 5.56 Å². The van der Waals surface area contributed by atoms with E-state index in [1.54, 1.807) is 12.1 Å². The Bertz CT molecular complexity index is 524. The zero-order chi connectivity index (χ0) is 12.8. The van der Waals surface area contributed by atoms with E-state index < -0.39 is 0 Å². The van der Waals surface area contributed by atoms with Gasteiger partial charge in [-0.25, -0.2) is 4.98 Å². The Balaban J connectivity index is 1.99. The Morgan fingerprint density at radius 2 is 2.00 bits per heavy atom. The summed E-state index contributed by atoms with van der Waals surface area (Å²) in [5.74, 6) is 0.519. The van der Waals surface area contributed by atoms with Crippen LogP contribution in [0.4, 0.5) is 0 Å². The maximum atomic E-state index is 8.51. The lowest BCUT2D eigenvalue weighted by Crippen LogP contribution is -2.13. The number of pyridine rings is 1. The highest BCUT2D eigenvalue weighted by atomic mass is 16.5. The van der Waals surface area contributed by atoms with Crippen molar-refractivity contribution >= 4 is 5.84 Å². The minimum Gasteiger partial charge on any atom is -0.473 e. The molecule has 5 heteroatoms. The highest BCUT2D eigenvalue weighted by molar-refractivity contribution is 5.96. The lowest BCUT2D eigenvalue weighted by atomic mass is 10.2. The average Bonchev–Trinajstić information content (AvgIpc) is 2.46. The molecule has 0 saturated heterocycles. The molecule has 0 bridgehead atoms. The molecule has 3 N–H and O–H groups in total. The molecule has 18 heavy (non-hydrogen) atoms. The van der Waals surface area contributed by atoms with E-state index in [2.05, 4.69) is 10.1 Å². The minimum absolute atomic E-state index is 0.0251. The van der Waals surface area contributed by atoms with E-state index in [9.17, 15) is 0 Å². The first-order chi connectivity index (χ1) is 8.79. The molecular formula is C13H13N3O2. The van der Waals surface area contributed by atoms with Crippen LogP contribution in [0.2, 0.25) is 0 Å². The number of benzene rings is 1. The fourth-order valence-electron chi connectivity index (χ4n) is 1.41. The van der Waals surface area contributed by atoms with Gasteiger partial charge < -0.3 is 15.7 Å². The standard InChI is InChI=1S/C13H13N3O2/c14-13(16-17)11-6-7-12(15-8-11)18-9-10-4-2-1-3-5-10/h1-8,17H,9H2,(H2,14,16). The quantitative estimate of drug-likeness (QED) is 0.371. The first-order valence-electron chi connectivity index (χ1n) is 5.40. The van der Waals surface area contributed by atoms with Crippen LogP contribution in [0.5, 0.6) is 5.88 Å². The lowest BCUT2D eigenvalue weighted by molar-refractivity contribution is 0.294. The number of ether oxygens (including phenoxy) is 1. The predicted molar refractivity (Wildman–Crippen MR) is 67.5 cm³/mol. The van der Waals surface area contributed by atoms with Crippen LogP contribution in [0.25, 0.3) is 0 Å². The maximum absolute atomic E-state index is 8.51. The van der Waals surface area contributed by atoms with Gasteiger partial charge >= 0.3 is 0 Å². The molecule has 0 aliphatic heterocycles. The van der Waals surface area contributed by atoms with Crippen molar-refractivity contribution in [2.24, 2.45) is 10.9 Å². The number of oxime groups is 1. The van der Waals surface area contributed by atoms with Gasteiger partial charge in [-0.3, -0.25) is 0 Å². The monoisotopic (exact) mass is 243 g/mol. The molecule has 0 aliphatic carbocycles. The van der Waals surface area contributed by atoms with Crippen molar-refractivity contribution in [1.82, 2.24) is 4.98 Å². The molecule has 1 aromatic heterocycles. The van der Waals surface area contributed by atoms with Gasteiger partial charge in [0.05, 0.1) is 0 Å². The Labute approximate surface area is 105 Å². The smallest absolute Gasteiger partial charge is 0.213 e. The molecule has 0 spiro atoms. The number of rotatable bonds is 4. The topological polar surface area (TPSA) is 80.7 Å². The highest BCUT2D eigenvalue weighted by Crippen LogP contribution is 2.10. The van der Waals surface area contributed by atoms with Crippen molar-refractivity contribution < 1.29 is 9.94 Å². The first kappa shape index (κ1) is 11.9. The number of amidine groups is 1. The van der Waals surface area contributed by atoms with Gasteiger partial charge in [0.25, 0.3) is 0 Å². The fraction of sp³-hybridized carbons (Fsp3) is 0.0769. The van der Waals surface area contributed by atoms with E-state index in [1.165, 1.54) is 6.20 Å². The zero-order valence-corrected chi connectivity index (χ0v) is 9.65. The number of hydrogen-bond acceptors (Lipinski definition) is 4. The summed E-state index contributed by atoms with van der Waals surface area (Å²) in [4.78, 5) is 4.07. The summed E-state index contributed by atoms with van der Waals surface area (Å²) in [5, 5.41) is 11.4. The van der Waals surface area contributed by atoms with Gasteiger partial charge in [0.1, 0.15) is 6.61 Å². The molecule has 0 radical (unpaired) electrons. The summed E-state index contributed by atoms with van der Waals surface area (Å²) in [6.07, 6.45) is 1.50. The third-order valence-corrected chi connectivity index (χ3v) is 2.37. The van der Waals surface area contributed by atoms with E-state index in [4.69, 9.17) is 15.7 Å². The molecule has 0 fully saturated rings. The summed E-state index contributed by atoms with van der Waals surface area (Å²) in [6.45, 7) is 0.455. The molecule has 1 heterocycles. The third kappa shape index (κ3) is 2.98. The van der Waals surface area contributed by atoms with Crippen molar-refractivity contribution in [2.75, 3.05) is 0 Å². The van der Waals surface area contributed by atoms with Crippen LogP contribution >= 0.6 is 0 Å². The summed E-state index contributed by atoms with van der Waals surface area (Å²) in [5.41, 5.74) is 7.04. The van der Waals surface area contributed by atoms with E-state index in [0.29, 0.717) is 18.1 Å². The second-order valence-corrected chi connectivity index (χ2v) is 3.64. The van der Waals surface area contributed by atoms with Gasteiger partial charge in [0.15, 0.2) is 5.84 Å². The molecule has 2 aromatic rings. The van der Waals surface area contributed by atoms with Gasteiger partial charge in [0.2, 0.25) is 5.88 Å². The van der Waals surface area contributed by atoms with Gasteiger partial charge in [-0.15, -0.1) is 0 Å². The molecule has 0 atom stereocenters. The largest absolute Gasteiger partial charge is 0.473 e. The van der Waals surface area contributed by atoms with Crippen molar-refractivity contribution in [3.8, 4) is 5.88 Å². The lowest BCUT2D eigenvalue weighted by Gasteiger charge is -2.05. The van der Waals surface area contributed by atoms with Crippen LogP contribution in [0.15, 0.2) is 53.8 Å². The fourth-order valence-corrected chi connectivity index (χ4v) is 1.41. The first-order valence-corrected chi connectivity index (χ1v) is 5.40. The molecule has 1 aromatic carbocycles. The molecule has 92 valence electrons. The molecule has 0 amide bonds. The third-order valence-electron chi connectivity index (χ3n) is 2.37. The van der Waals surface area contributed by atoms with Gasteiger partial charge in [-0.05, 0) is 11.6 Å². The SMILES string of the molecule is NC(=NO)c1ccc(OCc2ccccc2)nc1. The minimum atomic E-state index is 0.0251. The van der Waals surface area contributed by atoms with Crippen molar-refractivity contribution in [1.29, 1.82) is 0 Å². The molecular weight excluding hydrogens is 230 g/mol. The summed E-state index contributed by atoms with van der Waals surface area (Å²) in [7, 11) is 0. The van der Waals surface area contributed by atoms with Crippen LogP contribution in [-0.2, 0) is 6.61 Å². The van der Waals surface area contributed by atoms with Crippen LogP contribution in [0.1, 0.15) is 11.1 Å². The molecule has 5 nitrogen and oxygen atoms in total. The Morgan fingerprint density at radius 3 is 2.61 bits per heavy atom. The van der Waals surface area contributed by atoms with Crippen LogP contribution < -0.4 is 10.5 Å². The van der Waals surface area contributed by atoms with Crippen LogP contribution in [0.3, 0.4) is 0 Å². The zero-order valence-electron chi connectivity index (χ0n) is 9.65. The van der Waals surface area contributed by atoms with E-state index in [1.807, 2.05) is 30.3 Å². The van der Waals surface area contributed by atoms with Gasteiger partial charge in [-0.1, -0.05) is 35.5 Å². The van der Waals surface area contributed by atoms with Gasteiger partial charge in [-0.2, -0.15) is 0 Å². The second-order valence-electron chi connectivity index (χ2n) is 3.64. The number of aromatic nitrogens is 1.